The Morgan fingerprint density at radius 3 is 1.41 bits per heavy atom. The lowest BCUT2D eigenvalue weighted by atomic mass is 9.45. The lowest BCUT2D eigenvalue weighted by molar-refractivity contribution is -0.203. The number of carbonyl (C=O) groups is 6. The van der Waals surface area contributed by atoms with Crippen molar-refractivity contribution in [2.24, 2.45) is 63.1 Å². The number of ketones is 4. The maximum atomic E-state index is 17.6. The van der Waals surface area contributed by atoms with E-state index in [9.17, 15) is 59.4 Å². The number of hydrogen-bond donors (Lipinski definition) is 9. The largest absolute Gasteiger partial charge is 0.399 e. The van der Waals surface area contributed by atoms with Crippen LogP contribution in [0.2, 0.25) is 0 Å². The quantitative estimate of drug-likeness (QED) is 0.0255. The summed E-state index contributed by atoms with van der Waals surface area (Å²) in [5.41, 5.74) is 1.96. The zero-order valence-corrected chi connectivity index (χ0v) is 56.0. The first kappa shape index (κ1) is 71.9. The number of hydrogen-bond acceptors (Lipinski definition) is 15. The number of Topliss-reactive ketones (excluding diaryl/α,β-unsaturated/α-hetero) is 2. The minimum absolute atomic E-state index is 0.00182. The van der Waals surface area contributed by atoms with Gasteiger partial charge < -0.3 is 56.5 Å². The molecule has 21 atom stereocenters. The van der Waals surface area contributed by atoms with E-state index in [0.717, 1.165) is 34.4 Å². The minimum Gasteiger partial charge on any atom is -0.399 e. The number of ether oxygens (including phenoxy) is 2. The zero-order valence-electron chi connectivity index (χ0n) is 56.0. The van der Waals surface area contributed by atoms with Crippen LogP contribution in [0.25, 0.3) is 0 Å². The molecule has 0 heterocycles. The van der Waals surface area contributed by atoms with E-state index < -0.39 is 160 Å². The highest BCUT2D eigenvalue weighted by Crippen LogP contribution is 2.72. The first-order chi connectivity index (χ1) is 46.2. The van der Waals surface area contributed by atoms with Gasteiger partial charge in [0.15, 0.2) is 47.1 Å². The standard InChI is InChI=1S/C42H50F2N2O8.C35H39F2NO6/c1-22(2)37(51)45-23(3)38(52)46-27-8-6-7-25(16-27)15-24-9-11-26(12-10-24)39(53)54-34-19-29-30-18-32(43)31-17-28(48)13-14-41(31,5)42(30,44)35(50)20-40(29,4)36(34)33(49)21-47;1-33-17-30(42)35(37)25(15-27(36)26-14-23(40)10-11-34(26,35)2)24(33)16-29(31(33)28(41)18-39)44-32(43)21-8-6-19(7-9-21)12-20-4-3-5-22(38)13-20/h6-14,16-17,22-23,29-30,32,34-36,39,47,50,53H,15,18-21H2,1-5H3,(H,45,51)(H,46,52);3-11,13-14,24-25,27,29-32,39,42-43H,12,15-18,38H2,1-2H3/t23-,29-,30-,32-,34+,35-,36-,39-,40-,41-,42-;24-,25-,27-,29+,30-,31-,32-,33-,34-,35-/m00/s1. The van der Waals surface area contributed by atoms with Gasteiger partial charge in [-0.25, -0.2) is 17.6 Å². The molecule has 12 rings (SSSR count). The number of alkyl halides is 4. The molecule has 6 saturated carbocycles. The van der Waals surface area contributed by atoms with Crippen molar-refractivity contribution in [3.8, 4) is 0 Å². The lowest BCUT2D eigenvalue weighted by Crippen LogP contribution is -2.68. The molecule has 0 bridgehead atoms. The summed E-state index contributed by atoms with van der Waals surface area (Å²) in [4.78, 5) is 75.5. The summed E-state index contributed by atoms with van der Waals surface area (Å²) in [6.45, 7) is 10.0. The molecule has 2 amide bonds. The fourth-order valence-electron chi connectivity index (χ4n) is 18.7. The molecule has 0 unspecified atom stereocenters. The number of anilines is 2. The highest BCUT2D eigenvalue weighted by atomic mass is 19.2. The van der Waals surface area contributed by atoms with Crippen molar-refractivity contribution in [1.29, 1.82) is 0 Å². The van der Waals surface area contributed by atoms with Crippen molar-refractivity contribution in [2.75, 3.05) is 24.3 Å². The van der Waals surface area contributed by atoms with Gasteiger partial charge in [0.05, 0.1) is 36.3 Å². The first-order valence-electron chi connectivity index (χ1n) is 33.8. The topological polar surface area (TPSA) is 292 Å². The second-order valence-corrected chi connectivity index (χ2v) is 29.8. The van der Waals surface area contributed by atoms with E-state index in [2.05, 4.69) is 10.6 Å². The first-order valence-corrected chi connectivity index (χ1v) is 33.8. The van der Waals surface area contributed by atoms with E-state index in [1.165, 1.54) is 38.2 Å². The summed E-state index contributed by atoms with van der Waals surface area (Å²) in [6, 6.07) is 28.4. The number of amides is 2. The Balaban J connectivity index is 0.000000202. The Labute approximate surface area is 567 Å². The van der Waals surface area contributed by atoms with Crippen LogP contribution in [0.3, 0.4) is 0 Å². The third kappa shape index (κ3) is 12.6. The van der Waals surface area contributed by atoms with Crippen molar-refractivity contribution in [3.05, 3.63) is 178 Å². The Kier molecular flexibility index (Phi) is 20.0. The van der Waals surface area contributed by atoms with Gasteiger partial charge in [0.1, 0.15) is 31.6 Å². The number of benzene rings is 4. The van der Waals surface area contributed by atoms with Crippen LogP contribution in [0.5, 0.6) is 0 Å². The number of fused-ring (bicyclic) bond motifs is 10. The fourth-order valence-corrected chi connectivity index (χ4v) is 18.7. The van der Waals surface area contributed by atoms with Gasteiger partial charge in [-0.2, -0.15) is 0 Å². The Morgan fingerprint density at radius 1 is 0.582 bits per heavy atom. The molecule has 17 nitrogen and oxygen atoms in total. The van der Waals surface area contributed by atoms with Gasteiger partial charge in [-0.1, -0.05) is 113 Å². The molecule has 0 spiro atoms. The maximum absolute atomic E-state index is 17.6. The van der Waals surface area contributed by atoms with Crippen molar-refractivity contribution in [3.63, 3.8) is 0 Å². The predicted molar refractivity (Wildman–Crippen MR) is 356 cm³/mol. The highest BCUT2D eigenvalue weighted by molar-refractivity contribution is 6.02. The number of nitrogen functional groups attached to an aromatic ring is 1. The Bertz CT molecular complexity index is 3880. The second kappa shape index (κ2) is 27.3. The molecule has 524 valence electrons. The molecule has 8 aliphatic carbocycles. The number of allylic oxidation sites excluding steroid dienone is 8. The predicted octanol–water partition coefficient (Wildman–Crippen LogP) is 9.20. The Morgan fingerprint density at radius 2 is 1.00 bits per heavy atom. The zero-order chi connectivity index (χ0) is 70.9. The van der Waals surface area contributed by atoms with E-state index >= 15 is 17.6 Å². The molecule has 8 aliphatic rings. The normalized spacial score (nSPS) is 35.9. The molecular formula is C77H89F4N3O14. The van der Waals surface area contributed by atoms with Crippen LogP contribution in [0, 0.1) is 63.1 Å². The van der Waals surface area contributed by atoms with Crippen LogP contribution in [0.1, 0.15) is 133 Å². The van der Waals surface area contributed by atoms with Gasteiger partial charge in [0.2, 0.25) is 11.8 Å². The third-order valence-corrected chi connectivity index (χ3v) is 23.6. The van der Waals surface area contributed by atoms with E-state index in [1.807, 2.05) is 66.7 Å². The van der Waals surface area contributed by atoms with Gasteiger partial charge in [0, 0.05) is 51.1 Å². The summed E-state index contributed by atoms with van der Waals surface area (Å²) in [7, 11) is 0. The van der Waals surface area contributed by atoms with Crippen LogP contribution in [-0.4, -0.2) is 133 Å². The molecule has 0 radical (unpaired) electrons. The average molecular weight is 1360 g/mol. The van der Waals surface area contributed by atoms with Gasteiger partial charge in [-0.05, 0) is 177 Å². The highest BCUT2D eigenvalue weighted by Gasteiger charge is 2.76. The molecule has 0 aliphatic heterocycles. The van der Waals surface area contributed by atoms with E-state index in [0.29, 0.717) is 35.3 Å². The SMILES string of the molecule is CC(C)C(=O)N[C@@H](C)C(=O)Nc1cccc(Cc2ccc([C@@H](O)O[C@@H]3C[C@H]4[C@@H]5C[C@H](F)C6=CC(=O)C=C[C@]6(C)[C@@]5(F)[C@@H](O)C[C@]4(C)[C@H]3C(=O)CO)cc2)c1.C[C@]12C[C@H](O)[C@@]3(F)[C@@H](C[C@H](F)C4=CC(=O)C=C[C@@]43C)[C@@H]1C[C@@H](O[C@H](O)c1ccc(Cc3cccc(N)c3)cc1)[C@@H]2C(=O)CO. The molecular weight excluding hydrogens is 1270 g/mol. The molecule has 4 aromatic rings. The Hall–Kier alpha value is -7.34. The van der Waals surface area contributed by atoms with Crippen LogP contribution in [0.4, 0.5) is 28.9 Å². The molecule has 0 saturated heterocycles. The van der Waals surface area contributed by atoms with Gasteiger partial charge >= 0.3 is 0 Å². The van der Waals surface area contributed by atoms with Gasteiger partial charge in [-0.3, -0.25) is 28.8 Å². The van der Waals surface area contributed by atoms with Crippen molar-refractivity contribution in [2.45, 2.75) is 167 Å². The van der Waals surface area contributed by atoms with Crippen LogP contribution >= 0.6 is 0 Å². The number of aliphatic hydroxyl groups is 6. The molecule has 6 fully saturated rings. The number of nitrogens with two attached hydrogens (primary N) is 1. The van der Waals surface area contributed by atoms with E-state index in [-0.39, 0.29) is 67.4 Å². The number of nitrogens with one attached hydrogen (secondary N) is 2. The second-order valence-electron chi connectivity index (χ2n) is 29.8. The van der Waals surface area contributed by atoms with Crippen LogP contribution < -0.4 is 16.4 Å². The fraction of sp³-hybridized carbons (Fsp3) is 0.506. The summed E-state index contributed by atoms with van der Waals surface area (Å²) in [5.74, 6) is -8.03. The van der Waals surface area contributed by atoms with Gasteiger partial charge in [0.25, 0.3) is 0 Å². The summed E-state index contributed by atoms with van der Waals surface area (Å²) >= 11 is 0. The molecule has 0 aromatic heterocycles. The maximum Gasteiger partial charge on any atom is 0.246 e. The molecule has 21 heteroatoms. The van der Waals surface area contributed by atoms with Gasteiger partial charge in [-0.15, -0.1) is 0 Å². The van der Waals surface area contributed by atoms with Crippen LogP contribution in [-0.2, 0) is 51.1 Å². The molecule has 98 heavy (non-hydrogen) atoms. The average Bonchev–Trinajstić information content (AvgIpc) is 1.27. The molecule has 10 N–H and O–H groups in total. The van der Waals surface area contributed by atoms with Crippen molar-refractivity contribution >= 4 is 46.3 Å². The number of rotatable bonds is 18. The third-order valence-electron chi connectivity index (χ3n) is 23.6. The van der Waals surface area contributed by atoms with Crippen molar-refractivity contribution < 1.29 is 86.4 Å². The summed E-state index contributed by atoms with van der Waals surface area (Å²) < 4.78 is 79.0. The van der Waals surface area contributed by atoms with Crippen LogP contribution in [0.15, 0.2) is 145 Å². The van der Waals surface area contributed by atoms with E-state index in [4.69, 9.17) is 15.2 Å². The lowest BCUT2D eigenvalue weighted by Gasteiger charge is -2.62. The van der Waals surface area contributed by atoms with Crippen molar-refractivity contribution in [1.82, 2.24) is 5.32 Å². The minimum atomic E-state index is -2.34. The van der Waals surface area contributed by atoms with E-state index in [1.54, 1.807) is 65.0 Å². The summed E-state index contributed by atoms with van der Waals surface area (Å²) in [6.07, 6.45) is -3.28. The number of halogens is 4. The summed E-state index contributed by atoms with van der Waals surface area (Å²) in [5, 5.41) is 70.9. The number of carbonyl (C=O) groups excluding carboxylic acids is 6. The monoisotopic (exact) mass is 1360 g/mol. The smallest absolute Gasteiger partial charge is 0.246 e. The molecule has 4 aromatic carbocycles. The number of aliphatic hydroxyl groups excluding tert-OH is 6.